The van der Waals surface area contributed by atoms with Crippen molar-refractivity contribution >= 4 is 35.0 Å². The van der Waals surface area contributed by atoms with Gasteiger partial charge in [0.25, 0.3) is 0 Å². The predicted octanol–water partition coefficient (Wildman–Crippen LogP) is 9.63. The molecular formula is C39H37N5O6. The van der Waals surface area contributed by atoms with Gasteiger partial charge in [-0.15, -0.1) is 0 Å². The number of carbonyl (C=O) groups excluding carboxylic acids is 2. The Morgan fingerprint density at radius 2 is 1.18 bits per heavy atom. The normalized spacial score (nSPS) is 10.8. The molecule has 0 aliphatic rings. The number of benzene rings is 4. The molecule has 0 radical (unpaired) electrons. The van der Waals surface area contributed by atoms with E-state index in [0.29, 0.717) is 55.1 Å². The first kappa shape index (κ1) is 33.7. The van der Waals surface area contributed by atoms with Crippen LogP contribution in [0.5, 0.6) is 0 Å². The molecule has 4 aromatic carbocycles. The fourth-order valence-corrected chi connectivity index (χ4v) is 5.14. The van der Waals surface area contributed by atoms with Crippen LogP contribution in [0.1, 0.15) is 25.0 Å². The van der Waals surface area contributed by atoms with E-state index in [2.05, 4.69) is 26.3 Å². The molecule has 0 aliphatic heterocycles. The number of anilines is 4. The number of ether oxygens (including phenoxy) is 2. The summed E-state index contributed by atoms with van der Waals surface area (Å²) < 4.78 is 22.5. The van der Waals surface area contributed by atoms with Crippen molar-refractivity contribution in [2.45, 2.75) is 27.1 Å². The first-order valence-corrected chi connectivity index (χ1v) is 16.2. The molecule has 0 saturated carbocycles. The molecule has 0 saturated heterocycles. The van der Waals surface area contributed by atoms with E-state index in [9.17, 15) is 9.59 Å². The Balaban J connectivity index is 1.09. The maximum atomic E-state index is 12.8. The molecular weight excluding hydrogens is 634 g/mol. The lowest BCUT2D eigenvalue weighted by Crippen LogP contribution is -2.19. The van der Waals surface area contributed by atoms with Crippen molar-refractivity contribution < 1.29 is 27.9 Å². The Morgan fingerprint density at radius 1 is 0.640 bits per heavy atom. The third-order valence-corrected chi connectivity index (χ3v) is 7.59. The summed E-state index contributed by atoms with van der Waals surface area (Å²) in [4.78, 5) is 29.8. The van der Waals surface area contributed by atoms with E-state index in [1.165, 1.54) is 12.5 Å². The number of amides is 4. The zero-order chi connectivity index (χ0) is 34.7. The topological polar surface area (TPSA) is 140 Å². The summed E-state index contributed by atoms with van der Waals surface area (Å²) in [5, 5.41) is 11.2. The number of hydrogen-bond donors (Lipinski definition) is 4. The molecule has 4 amide bonds. The Kier molecular flexibility index (Phi) is 11.0. The minimum Gasteiger partial charge on any atom is -0.462 e. The molecule has 0 spiro atoms. The highest BCUT2D eigenvalue weighted by Gasteiger charge is 2.15. The standard InChI is InChI=1S/C39H37N5O6/c1-3-47-24-26-11-15-32(16-12-26)41-38(45)43-34-19-20-49-36(34)30-9-5-7-28(21-30)29-8-6-10-31(22-29)37-40-23-35(50-37)44-39(46)42-33-17-13-27(14-18-33)25-48-4-2/h5-23H,3-4,24-25H2,1-2H3,(H2,41,43,45)(H2,42,44,46). The summed E-state index contributed by atoms with van der Waals surface area (Å²) in [6, 6.07) is 31.3. The van der Waals surface area contributed by atoms with Gasteiger partial charge in [-0.2, -0.15) is 0 Å². The van der Waals surface area contributed by atoms with Crippen LogP contribution in [0, 0.1) is 0 Å². The molecule has 254 valence electrons. The minimum absolute atomic E-state index is 0.207. The third kappa shape index (κ3) is 8.84. The van der Waals surface area contributed by atoms with Crippen LogP contribution in [-0.4, -0.2) is 30.3 Å². The summed E-state index contributed by atoms with van der Waals surface area (Å²) in [5.41, 5.74) is 7.21. The number of urea groups is 2. The SMILES string of the molecule is CCOCc1ccc(NC(=O)Nc2cnc(-c3cccc(-c4cccc(-c5occc5NC(=O)Nc5ccc(COCC)cc5)c4)c3)o2)cc1. The van der Waals surface area contributed by atoms with E-state index in [1.54, 1.807) is 6.07 Å². The lowest BCUT2D eigenvalue weighted by molar-refractivity contribution is 0.134. The summed E-state index contributed by atoms with van der Waals surface area (Å²) in [5.74, 6) is 1.08. The first-order valence-electron chi connectivity index (χ1n) is 16.2. The van der Waals surface area contributed by atoms with E-state index >= 15 is 0 Å². The first-order chi connectivity index (χ1) is 24.5. The Labute approximate surface area is 289 Å². The number of nitrogens with zero attached hydrogens (tertiary/aromatic N) is 1. The molecule has 0 unspecified atom stereocenters. The van der Waals surface area contributed by atoms with Gasteiger partial charge in [0.2, 0.25) is 11.8 Å². The molecule has 6 rings (SSSR count). The maximum absolute atomic E-state index is 12.8. The molecule has 0 atom stereocenters. The van der Waals surface area contributed by atoms with Crippen LogP contribution in [0.25, 0.3) is 33.9 Å². The van der Waals surface area contributed by atoms with Gasteiger partial charge in [-0.25, -0.2) is 14.6 Å². The molecule has 11 heteroatoms. The molecule has 0 bridgehead atoms. The number of aromatic nitrogens is 1. The Hall–Kier alpha value is -6.17. The van der Waals surface area contributed by atoms with Gasteiger partial charge in [-0.05, 0) is 78.6 Å². The maximum Gasteiger partial charge on any atom is 0.326 e. The number of oxazole rings is 1. The number of hydrogen-bond acceptors (Lipinski definition) is 7. The molecule has 50 heavy (non-hydrogen) atoms. The molecule has 6 aromatic rings. The molecule has 2 heterocycles. The van der Waals surface area contributed by atoms with Crippen molar-refractivity contribution in [1.29, 1.82) is 0 Å². The summed E-state index contributed by atoms with van der Waals surface area (Å²) >= 11 is 0. The van der Waals surface area contributed by atoms with Crippen molar-refractivity contribution in [1.82, 2.24) is 4.98 Å². The van der Waals surface area contributed by atoms with Crippen LogP contribution >= 0.6 is 0 Å². The van der Waals surface area contributed by atoms with Gasteiger partial charge in [-0.1, -0.05) is 54.6 Å². The fourth-order valence-electron chi connectivity index (χ4n) is 5.14. The fraction of sp³-hybridized carbons (Fsp3) is 0.154. The van der Waals surface area contributed by atoms with Crippen LogP contribution in [-0.2, 0) is 22.7 Å². The van der Waals surface area contributed by atoms with Gasteiger partial charge >= 0.3 is 12.1 Å². The number of furan rings is 1. The van der Waals surface area contributed by atoms with Gasteiger partial charge in [-0.3, -0.25) is 5.32 Å². The molecule has 2 aromatic heterocycles. The van der Waals surface area contributed by atoms with Crippen molar-refractivity contribution in [3.63, 3.8) is 0 Å². The van der Waals surface area contributed by atoms with Crippen molar-refractivity contribution in [2.75, 3.05) is 34.5 Å². The quantitative estimate of drug-likeness (QED) is 0.0958. The van der Waals surface area contributed by atoms with Crippen LogP contribution < -0.4 is 21.3 Å². The van der Waals surface area contributed by atoms with Gasteiger partial charge in [0.05, 0.1) is 31.4 Å². The van der Waals surface area contributed by atoms with E-state index in [1.807, 2.05) is 111 Å². The predicted molar refractivity (Wildman–Crippen MR) is 194 cm³/mol. The van der Waals surface area contributed by atoms with Crippen molar-refractivity contribution in [3.05, 3.63) is 127 Å². The highest BCUT2D eigenvalue weighted by molar-refractivity contribution is 6.02. The zero-order valence-electron chi connectivity index (χ0n) is 27.7. The van der Waals surface area contributed by atoms with Gasteiger partial charge in [0, 0.05) is 41.8 Å². The van der Waals surface area contributed by atoms with Crippen LogP contribution in [0.15, 0.2) is 124 Å². The highest BCUT2D eigenvalue weighted by atomic mass is 16.5. The average Bonchev–Trinajstić information content (AvgIpc) is 3.81. The van der Waals surface area contributed by atoms with Crippen LogP contribution in [0.2, 0.25) is 0 Å². The summed E-state index contributed by atoms with van der Waals surface area (Å²) in [6.07, 6.45) is 3.00. The lowest BCUT2D eigenvalue weighted by Gasteiger charge is -2.10. The van der Waals surface area contributed by atoms with Crippen molar-refractivity contribution in [3.8, 4) is 33.9 Å². The molecule has 0 fully saturated rings. The zero-order valence-corrected chi connectivity index (χ0v) is 27.7. The second-order valence-corrected chi connectivity index (χ2v) is 11.2. The smallest absolute Gasteiger partial charge is 0.326 e. The van der Waals surface area contributed by atoms with Crippen LogP contribution in [0.3, 0.4) is 0 Å². The molecule has 11 nitrogen and oxygen atoms in total. The van der Waals surface area contributed by atoms with Gasteiger partial charge in [0.1, 0.15) is 0 Å². The summed E-state index contributed by atoms with van der Waals surface area (Å²) in [7, 11) is 0. The second-order valence-electron chi connectivity index (χ2n) is 11.2. The largest absolute Gasteiger partial charge is 0.462 e. The minimum atomic E-state index is -0.452. The summed E-state index contributed by atoms with van der Waals surface area (Å²) in [6.45, 7) is 6.22. The van der Waals surface area contributed by atoms with E-state index in [-0.39, 0.29) is 5.88 Å². The van der Waals surface area contributed by atoms with Gasteiger partial charge in [0.15, 0.2) is 5.76 Å². The van der Waals surface area contributed by atoms with Crippen LogP contribution in [0.4, 0.5) is 32.5 Å². The second kappa shape index (κ2) is 16.3. The molecule has 4 N–H and O–H groups in total. The average molecular weight is 672 g/mol. The van der Waals surface area contributed by atoms with Gasteiger partial charge < -0.3 is 34.3 Å². The molecule has 0 aliphatic carbocycles. The Morgan fingerprint density at radius 3 is 1.78 bits per heavy atom. The Bertz CT molecular complexity index is 2030. The number of carbonyl (C=O) groups is 2. The van der Waals surface area contributed by atoms with E-state index in [4.69, 9.17) is 18.3 Å². The number of nitrogens with one attached hydrogen (secondary N) is 4. The van der Waals surface area contributed by atoms with E-state index in [0.717, 1.165) is 33.4 Å². The number of rotatable bonds is 13. The lowest BCUT2D eigenvalue weighted by atomic mass is 10.00. The van der Waals surface area contributed by atoms with Crippen molar-refractivity contribution in [2.24, 2.45) is 0 Å². The monoisotopic (exact) mass is 671 g/mol. The highest BCUT2D eigenvalue weighted by Crippen LogP contribution is 2.34. The van der Waals surface area contributed by atoms with E-state index < -0.39 is 12.1 Å². The third-order valence-electron chi connectivity index (χ3n) is 7.59.